The summed E-state index contributed by atoms with van der Waals surface area (Å²) in [6, 6.07) is 0. The molecule has 1 N–H and O–H groups in total. The first-order chi connectivity index (χ1) is 4.20. The van der Waals surface area contributed by atoms with E-state index < -0.39 is 19.8 Å². The Morgan fingerprint density at radius 1 is 1.56 bits per heavy atom. The van der Waals surface area contributed by atoms with Gasteiger partial charge in [-0.25, -0.2) is 0 Å². The quantitative estimate of drug-likeness (QED) is 0.584. The van der Waals surface area contributed by atoms with Crippen molar-refractivity contribution in [2.75, 3.05) is 9.86 Å². The van der Waals surface area contributed by atoms with Crippen molar-refractivity contribution < 1.29 is 0 Å². The number of aromatic nitrogens is 2. The topological polar surface area (TPSA) is 28.7 Å². The van der Waals surface area contributed by atoms with Crippen molar-refractivity contribution in [2.24, 2.45) is 0 Å². The predicted octanol–water partition coefficient (Wildman–Crippen LogP) is 1.65. The number of rotatable bonds is 1. The van der Waals surface area contributed by atoms with E-state index in [-0.39, 0.29) is 0 Å². The first-order valence-corrected chi connectivity index (χ1v) is 8.11. The molecule has 0 atom stereocenters. The molecule has 3 heteroatoms. The summed E-state index contributed by atoms with van der Waals surface area (Å²) in [6.45, 7) is 1.99. The van der Waals surface area contributed by atoms with Crippen LogP contribution in [0.2, 0.25) is 0 Å². The SMILES string of the molecule is Cc1ncc(I(C)C)[nH]1. The molecule has 1 aromatic rings. The number of H-pyrrole nitrogens is 1. The van der Waals surface area contributed by atoms with E-state index in [1.807, 2.05) is 13.1 Å². The number of nitrogens with zero attached hydrogens (tertiary/aromatic N) is 1. The molecule has 0 saturated carbocycles. The van der Waals surface area contributed by atoms with Crippen LogP contribution in [-0.2, 0) is 0 Å². The van der Waals surface area contributed by atoms with E-state index in [0.717, 1.165) is 5.82 Å². The minimum absolute atomic E-state index is 0.778. The molecule has 0 aliphatic carbocycles. The van der Waals surface area contributed by atoms with Crippen LogP contribution in [0.3, 0.4) is 0 Å². The van der Waals surface area contributed by atoms with Gasteiger partial charge in [0.1, 0.15) is 0 Å². The van der Waals surface area contributed by atoms with Gasteiger partial charge in [0.15, 0.2) is 0 Å². The summed E-state index contributed by atoms with van der Waals surface area (Å²) in [5, 5.41) is 0. The van der Waals surface area contributed by atoms with Gasteiger partial charge in [0.05, 0.1) is 0 Å². The van der Waals surface area contributed by atoms with E-state index in [1.165, 1.54) is 3.70 Å². The Balaban J connectivity index is 2.85. The molecule has 9 heavy (non-hydrogen) atoms. The zero-order chi connectivity index (χ0) is 6.85. The molecule has 0 bridgehead atoms. The third-order valence-corrected chi connectivity index (χ3v) is 3.95. The first-order valence-electron chi connectivity index (χ1n) is 2.72. The molecule has 0 radical (unpaired) electrons. The van der Waals surface area contributed by atoms with Gasteiger partial charge in [-0.1, -0.05) is 0 Å². The number of nitrogens with one attached hydrogen (secondary N) is 1. The predicted molar refractivity (Wildman–Crippen MR) is 47.9 cm³/mol. The minimum atomic E-state index is -0.778. The van der Waals surface area contributed by atoms with Crippen LogP contribution < -0.4 is 0 Å². The summed E-state index contributed by atoms with van der Waals surface area (Å²) in [5.74, 6) is 1.04. The summed E-state index contributed by atoms with van der Waals surface area (Å²) < 4.78 is 1.37. The fourth-order valence-corrected chi connectivity index (χ4v) is 2.21. The summed E-state index contributed by atoms with van der Waals surface area (Å²) in [5.41, 5.74) is 0. The van der Waals surface area contributed by atoms with Crippen LogP contribution in [0.1, 0.15) is 5.82 Å². The average molecular weight is 238 g/mol. The Labute approximate surface area is 62.5 Å². The molecule has 0 aromatic carbocycles. The molecule has 0 aliphatic heterocycles. The van der Waals surface area contributed by atoms with Crippen LogP contribution >= 0.6 is 19.8 Å². The molecule has 2 nitrogen and oxygen atoms in total. The summed E-state index contributed by atoms with van der Waals surface area (Å²) in [4.78, 5) is 12.0. The second-order valence-electron chi connectivity index (χ2n) is 2.07. The monoisotopic (exact) mass is 238 g/mol. The first kappa shape index (κ1) is 7.05. The Morgan fingerprint density at radius 2 is 2.22 bits per heavy atom. The van der Waals surface area contributed by atoms with Crippen LogP contribution in [0.4, 0.5) is 0 Å². The van der Waals surface area contributed by atoms with Gasteiger partial charge in [0, 0.05) is 0 Å². The van der Waals surface area contributed by atoms with Crippen molar-refractivity contribution in [1.82, 2.24) is 9.97 Å². The van der Waals surface area contributed by atoms with Crippen LogP contribution in [0.25, 0.3) is 0 Å². The van der Waals surface area contributed by atoms with E-state index in [9.17, 15) is 0 Å². The molecular weight excluding hydrogens is 227 g/mol. The van der Waals surface area contributed by atoms with E-state index in [1.54, 1.807) is 0 Å². The second kappa shape index (κ2) is 2.68. The van der Waals surface area contributed by atoms with Gasteiger partial charge in [0.25, 0.3) is 0 Å². The van der Waals surface area contributed by atoms with Crippen LogP contribution in [0, 0.1) is 10.6 Å². The van der Waals surface area contributed by atoms with Gasteiger partial charge in [-0.15, -0.1) is 0 Å². The van der Waals surface area contributed by atoms with E-state index in [2.05, 4.69) is 19.8 Å². The molecule has 1 aromatic heterocycles. The van der Waals surface area contributed by atoms with Crippen molar-refractivity contribution in [3.8, 4) is 0 Å². The molecule has 0 aliphatic rings. The number of alkyl halides is 2. The van der Waals surface area contributed by atoms with Crippen molar-refractivity contribution in [2.45, 2.75) is 6.92 Å². The standard InChI is InChI=1S/C6H11IN2/c1-5-8-4-6(9-5)7(2)3/h4H,1-3H3,(H,8,9). The fraction of sp³-hybridized carbons (Fsp3) is 0.500. The Bertz CT molecular complexity index is 193. The Kier molecular flexibility index (Phi) is 2.10. The zero-order valence-electron chi connectivity index (χ0n) is 5.90. The second-order valence-corrected chi connectivity index (χ2v) is 7.55. The molecular formula is C6H11IN2. The number of aryl methyl sites for hydroxylation is 1. The average Bonchev–Trinajstić information content (AvgIpc) is 2.14. The molecule has 1 heterocycles. The third-order valence-electron chi connectivity index (χ3n) is 1.08. The number of hydrogen-bond donors (Lipinski definition) is 1. The van der Waals surface area contributed by atoms with Crippen molar-refractivity contribution >= 4 is 19.8 Å². The fourth-order valence-electron chi connectivity index (χ4n) is 0.583. The number of halogens is 1. The normalized spacial score (nSPS) is 11.7. The van der Waals surface area contributed by atoms with E-state index >= 15 is 0 Å². The number of imidazole rings is 1. The van der Waals surface area contributed by atoms with Gasteiger partial charge in [0.2, 0.25) is 0 Å². The zero-order valence-corrected chi connectivity index (χ0v) is 8.06. The summed E-state index contributed by atoms with van der Waals surface area (Å²) in [6.07, 6.45) is 1.96. The summed E-state index contributed by atoms with van der Waals surface area (Å²) in [7, 11) is 0. The Morgan fingerprint density at radius 3 is 2.44 bits per heavy atom. The number of aromatic amines is 1. The van der Waals surface area contributed by atoms with Crippen molar-refractivity contribution in [3.63, 3.8) is 0 Å². The van der Waals surface area contributed by atoms with Gasteiger partial charge in [-0.3, -0.25) is 0 Å². The van der Waals surface area contributed by atoms with Gasteiger partial charge in [-0.05, 0) is 0 Å². The Hall–Kier alpha value is -0.0600. The van der Waals surface area contributed by atoms with Crippen LogP contribution in [0.5, 0.6) is 0 Å². The van der Waals surface area contributed by atoms with E-state index in [4.69, 9.17) is 0 Å². The molecule has 1 rings (SSSR count). The maximum absolute atomic E-state index is 4.12. The third kappa shape index (κ3) is 1.67. The maximum atomic E-state index is 4.12. The summed E-state index contributed by atoms with van der Waals surface area (Å²) >= 11 is -0.778. The van der Waals surface area contributed by atoms with Crippen LogP contribution in [-0.4, -0.2) is 19.8 Å². The molecule has 0 spiro atoms. The molecule has 0 amide bonds. The van der Waals surface area contributed by atoms with Crippen molar-refractivity contribution in [3.05, 3.63) is 15.7 Å². The van der Waals surface area contributed by atoms with E-state index in [0.29, 0.717) is 0 Å². The van der Waals surface area contributed by atoms with Gasteiger partial charge < -0.3 is 0 Å². The molecule has 0 saturated heterocycles. The number of hydrogen-bond acceptors (Lipinski definition) is 1. The van der Waals surface area contributed by atoms with Crippen LogP contribution in [0.15, 0.2) is 6.20 Å². The molecule has 0 fully saturated rings. The van der Waals surface area contributed by atoms with Crippen molar-refractivity contribution in [1.29, 1.82) is 0 Å². The molecule has 0 unspecified atom stereocenters. The van der Waals surface area contributed by atoms with Gasteiger partial charge >= 0.3 is 62.3 Å². The van der Waals surface area contributed by atoms with Gasteiger partial charge in [-0.2, -0.15) is 0 Å². The molecule has 52 valence electrons.